The number of methoxy groups -OCH3 is 1. The van der Waals surface area contributed by atoms with Gasteiger partial charge in [0.1, 0.15) is 5.75 Å². The predicted molar refractivity (Wildman–Crippen MR) is 71.4 cm³/mol. The molecule has 2 aromatic rings. The molecule has 3 N–H and O–H groups in total. The van der Waals surface area contributed by atoms with Crippen LogP contribution in [0.25, 0.3) is 10.8 Å². The summed E-state index contributed by atoms with van der Waals surface area (Å²) in [5.41, 5.74) is 6.21. The molecule has 2 aromatic carbocycles. The zero-order valence-electron chi connectivity index (χ0n) is 10.3. The van der Waals surface area contributed by atoms with E-state index in [9.17, 15) is 4.79 Å². The van der Waals surface area contributed by atoms with Crippen LogP contribution in [0.1, 0.15) is 5.56 Å². The Morgan fingerprint density at radius 1 is 1.22 bits per heavy atom. The third-order valence-electron chi connectivity index (χ3n) is 2.81. The lowest BCUT2D eigenvalue weighted by atomic mass is 10.0. The van der Waals surface area contributed by atoms with E-state index in [2.05, 4.69) is 5.32 Å². The van der Waals surface area contributed by atoms with E-state index in [1.807, 2.05) is 36.4 Å². The minimum Gasteiger partial charge on any atom is -0.496 e. The molecule has 0 aliphatic heterocycles. The largest absolute Gasteiger partial charge is 0.496 e. The molecule has 0 bridgehead atoms. The van der Waals surface area contributed by atoms with Gasteiger partial charge < -0.3 is 15.8 Å². The number of nitrogens with two attached hydrogens (primary N) is 1. The lowest BCUT2D eigenvalue weighted by Gasteiger charge is -2.10. The fraction of sp³-hybridized carbons (Fsp3) is 0.214. The Morgan fingerprint density at radius 2 is 1.94 bits per heavy atom. The van der Waals surface area contributed by atoms with Crippen LogP contribution in [0, 0.1) is 0 Å². The Bertz CT molecular complexity index is 567. The molecule has 0 saturated carbocycles. The van der Waals surface area contributed by atoms with Crippen molar-refractivity contribution < 1.29 is 9.53 Å². The van der Waals surface area contributed by atoms with Gasteiger partial charge in [0, 0.05) is 11.9 Å². The third-order valence-corrected chi connectivity index (χ3v) is 2.81. The number of primary amides is 1. The van der Waals surface area contributed by atoms with Gasteiger partial charge in [0.2, 0.25) is 5.91 Å². The zero-order valence-corrected chi connectivity index (χ0v) is 10.3. The van der Waals surface area contributed by atoms with Crippen molar-refractivity contribution in [3.05, 3.63) is 42.0 Å². The Balaban J connectivity index is 2.31. The summed E-state index contributed by atoms with van der Waals surface area (Å²) in [4.78, 5) is 10.7. The van der Waals surface area contributed by atoms with E-state index in [1.165, 1.54) is 0 Å². The van der Waals surface area contributed by atoms with E-state index in [1.54, 1.807) is 7.11 Å². The third kappa shape index (κ3) is 2.60. The molecule has 0 spiro atoms. The second kappa shape index (κ2) is 5.51. The molecule has 1 amide bonds. The van der Waals surface area contributed by atoms with Crippen LogP contribution in [0.4, 0.5) is 0 Å². The van der Waals surface area contributed by atoms with Gasteiger partial charge in [0.15, 0.2) is 0 Å². The van der Waals surface area contributed by atoms with Crippen molar-refractivity contribution in [3.8, 4) is 5.75 Å². The van der Waals surface area contributed by atoms with Crippen LogP contribution in [0.15, 0.2) is 36.4 Å². The lowest BCUT2D eigenvalue weighted by molar-refractivity contribution is -0.117. The summed E-state index contributed by atoms with van der Waals surface area (Å²) in [5, 5.41) is 5.20. The number of nitrogens with one attached hydrogen (secondary N) is 1. The number of benzene rings is 2. The van der Waals surface area contributed by atoms with Crippen LogP contribution in [0.3, 0.4) is 0 Å². The minimum atomic E-state index is -0.354. The molecule has 0 fully saturated rings. The lowest BCUT2D eigenvalue weighted by Crippen LogP contribution is -2.28. The number of fused-ring (bicyclic) bond motifs is 1. The number of hydrogen-bond donors (Lipinski definition) is 2. The Labute approximate surface area is 106 Å². The van der Waals surface area contributed by atoms with Crippen molar-refractivity contribution in [2.45, 2.75) is 6.54 Å². The maximum Gasteiger partial charge on any atom is 0.231 e. The first kappa shape index (κ1) is 12.4. The molecule has 0 heterocycles. The number of hydrogen-bond acceptors (Lipinski definition) is 3. The van der Waals surface area contributed by atoms with Gasteiger partial charge in [0.05, 0.1) is 13.7 Å². The van der Waals surface area contributed by atoms with Crippen molar-refractivity contribution in [2.24, 2.45) is 5.73 Å². The molecule has 0 aliphatic carbocycles. The van der Waals surface area contributed by atoms with Crippen LogP contribution in [-0.4, -0.2) is 19.6 Å². The van der Waals surface area contributed by atoms with Gasteiger partial charge >= 0.3 is 0 Å². The van der Waals surface area contributed by atoms with E-state index >= 15 is 0 Å². The number of ether oxygens (including phenoxy) is 1. The fourth-order valence-corrected chi connectivity index (χ4v) is 1.99. The first-order chi connectivity index (χ1) is 8.72. The molecule has 18 heavy (non-hydrogen) atoms. The first-order valence-electron chi connectivity index (χ1n) is 5.76. The Hall–Kier alpha value is -2.07. The van der Waals surface area contributed by atoms with Gasteiger partial charge in [-0.2, -0.15) is 0 Å². The van der Waals surface area contributed by atoms with Gasteiger partial charge in [-0.25, -0.2) is 0 Å². The summed E-state index contributed by atoms with van der Waals surface area (Å²) in [5.74, 6) is 0.497. The average Bonchev–Trinajstić information content (AvgIpc) is 2.38. The highest BCUT2D eigenvalue weighted by Crippen LogP contribution is 2.28. The highest BCUT2D eigenvalue weighted by Gasteiger charge is 2.05. The van der Waals surface area contributed by atoms with Crippen molar-refractivity contribution in [2.75, 3.05) is 13.7 Å². The van der Waals surface area contributed by atoms with Crippen LogP contribution >= 0.6 is 0 Å². The molecule has 0 radical (unpaired) electrons. The van der Waals surface area contributed by atoms with Crippen LogP contribution in [0.2, 0.25) is 0 Å². The molecular weight excluding hydrogens is 228 g/mol. The fourth-order valence-electron chi connectivity index (χ4n) is 1.99. The average molecular weight is 244 g/mol. The monoisotopic (exact) mass is 244 g/mol. The second-order valence-electron chi connectivity index (χ2n) is 4.04. The standard InChI is InChI=1S/C14H16N2O2/c1-18-13-7-6-10(8-16-9-14(15)17)11-4-2-3-5-12(11)13/h2-7,16H,8-9H2,1H3,(H2,15,17). The topological polar surface area (TPSA) is 64.3 Å². The minimum absolute atomic E-state index is 0.181. The number of carbonyl (C=O) groups is 1. The summed E-state index contributed by atoms with van der Waals surface area (Å²) in [6.45, 7) is 0.786. The molecule has 0 atom stereocenters. The maximum absolute atomic E-state index is 10.7. The molecule has 0 unspecified atom stereocenters. The first-order valence-corrected chi connectivity index (χ1v) is 5.76. The van der Waals surface area contributed by atoms with Gasteiger partial charge in [0.25, 0.3) is 0 Å². The second-order valence-corrected chi connectivity index (χ2v) is 4.04. The molecule has 4 heteroatoms. The van der Waals surface area contributed by atoms with Crippen molar-refractivity contribution in [1.29, 1.82) is 0 Å². The van der Waals surface area contributed by atoms with E-state index in [0.717, 1.165) is 22.1 Å². The summed E-state index contributed by atoms with van der Waals surface area (Å²) in [6.07, 6.45) is 0. The zero-order chi connectivity index (χ0) is 13.0. The summed E-state index contributed by atoms with van der Waals surface area (Å²) >= 11 is 0. The molecular formula is C14H16N2O2. The molecule has 2 rings (SSSR count). The Kier molecular flexibility index (Phi) is 3.79. The number of amides is 1. The van der Waals surface area contributed by atoms with Crippen molar-refractivity contribution in [3.63, 3.8) is 0 Å². The van der Waals surface area contributed by atoms with E-state index in [4.69, 9.17) is 10.5 Å². The predicted octanol–water partition coefficient (Wildman–Crippen LogP) is 1.42. The molecule has 94 valence electrons. The summed E-state index contributed by atoms with van der Waals surface area (Å²) in [7, 11) is 1.66. The quantitative estimate of drug-likeness (QED) is 0.836. The van der Waals surface area contributed by atoms with Gasteiger partial charge in [-0.15, -0.1) is 0 Å². The molecule has 0 aliphatic rings. The highest BCUT2D eigenvalue weighted by atomic mass is 16.5. The molecule has 4 nitrogen and oxygen atoms in total. The normalized spacial score (nSPS) is 10.5. The van der Waals surface area contributed by atoms with Crippen molar-refractivity contribution >= 4 is 16.7 Å². The number of carbonyl (C=O) groups excluding carboxylic acids is 1. The summed E-state index contributed by atoms with van der Waals surface area (Å²) in [6, 6.07) is 12.0. The highest BCUT2D eigenvalue weighted by molar-refractivity contribution is 5.91. The van der Waals surface area contributed by atoms with Crippen LogP contribution in [-0.2, 0) is 11.3 Å². The van der Waals surface area contributed by atoms with Crippen LogP contribution in [0.5, 0.6) is 5.75 Å². The van der Waals surface area contributed by atoms with E-state index in [-0.39, 0.29) is 12.5 Å². The Morgan fingerprint density at radius 3 is 2.61 bits per heavy atom. The SMILES string of the molecule is COc1ccc(CNCC(N)=O)c2ccccc12. The molecule has 0 aromatic heterocycles. The van der Waals surface area contributed by atoms with Gasteiger partial charge in [-0.1, -0.05) is 30.3 Å². The molecule has 0 saturated heterocycles. The van der Waals surface area contributed by atoms with E-state index in [0.29, 0.717) is 6.54 Å². The van der Waals surface area contributed by atoms with Crippen molar-refractivity contribution in [1.82, 2.24) is 5.32 Å². The number of rotatable bonds is 5. The smallest absolute Gasteiger partial charge is 0.231 e. The van der Waals surface area contributed by atoms with Gasteiger partial charge in [-0.3, -0.25) is 4.79 Å². The summed E-state index contributed by atoms with van der Waals surface area (Å²) < 4.78 is 5.33. The van der Waals surface area contributed by atoms with Gasteiger partial charge in [-0.05, 0) is 17.0 Å². The van der Waals surface area contributed by atoms with Crippen LogP contribution < -0.4 is 15.8 Å². The van der Waals surface area contributed by atoms with E-state index < -0.39 is 0 Å². The maximum atomic E-state index is 10.7.